The van der Waals surface area contributed by atoms with Crippen LogP contribution in [0.15, 0.2) is 36.8 Å². The molecule has 0 aliphatic carbocycles. The van der Waals surface area contributed by atoms with Crippen LogP contribution in [0.5, 0.6) is 0 Å². The number of H-pyrrole nitrogens is 1. The number of amides is 2. The second kappa shape index (κ2) is 6.07. The summed E-state index contributed by atoms with van der Waals surface area (Å²) in [7, 11) is 0. The maximum absolute atomic E-state index is 11.6. The zero-order valence-corrected chi connectivity index (χ0v) is 10.4. The van der Waals surface area contributed by atoms with Crippen molar-refractivity contribution in [3.63, 3.8) is 0 Å². The lowest BCUT2D eigenvalue weighted by atomic mass is 10.3. The topological polar surface area (TPSA) is 69.8 Å². The first-order chi connectivity index (χ1) is 8.74. The largest absolute Gasteiger partial charge is 0.348 e. The number of urea groups is 1. The molecule has 0 atom stereocenters. The van der Waals surface area contributed by atoms with Gasteiger partial charge in [0.05, 0.1) is 6.33 Å². The standard InChI is InChI=1S/C12H13ClN4O/c13-9-2-1-3-10(6-9)17-12(18)15-5-4-11-7-14-8-16-11/h1-3,6-8H,4-5H2,(H,14,16)(H2,15,17,18). The van der Waals surface area contributed by atoms with Crippen LogP contribution in [0.2, 0.25) is 5.02 Å². The molecule has 94 valence electrons. The molecule has 3 N–H and O–H groups in total. The number of hydrogen-bond donors (Lipinski definition) is 3. The van der Waals surface area contributed by atoms with Gasteiger partial charge < -0.3 is 15.6 Å². The van der Waals surface area contributed by atoms with E-state index in [9.17, 15) is 4.79 Å². The van der Waals surface area contributed by atoms with E-state index in [0.717, 1.165) is 5.69 Å². The molecule has 1 aromatic heterocycles. The number of imidazole rings is 1. The lowest BCUT2D eigenvalue weighted by Gasteiger charge is -2.07. The second-order valence-corrected chi connectivity index (χ2v) is 4.15. The minimum absolute atomic E-state index is 0.253. The number of nitrogens with zero attached hydrogens (tertiary/aromatic N) is 1. The summed E-state index contributed by atoms with van der Waals surface area (Å²) >= 11 is 5.82. The summed E-state index contributed by atoms with van der Waals surface area (Å²) in [6, 6.07) is 6.75. The molecule has 0 aliphatic heterocycles. The van der Waals surface area contributed by atoms with Crippen molar-refractivity contribution in [2.24, 2.45) is 0 Å². The van der Waals surface area contributed by atoms with E-state index in [1.54, 1.807) is 36.8 Å². The molecule has 1 aromatic carbocycles. The molecule has 0 saturated carbocycles. The van der Waals surface area contributed by atoms with Crippen molar-refractivity contribution in [1.82, 2.24) is 15.3 Å². The van der Waals surface area contributed by atoms with Gasteiger partial charge >= 0.3 is 6.03 Å². The highest BCUT2D eigenvalue weighted by atomic mass is 35.5. The van der Waals surface area contributed by atoms with E-state index in [0.29, 0.717) is 23.7 Å². The summed E-state index contributed by atoms with van der Waals surface area (Å²) in [5.41, 5.74) is 1.65. The van der Waals surface area contributed by atoms with Gasteiger partial charge in [-0.25, -0.2) is 9.78 Å². The normalized spacial score (nSPS) is 10.1. The van der Waals surface area contributed by atoms with Gasteiger partial charge in [0.25, 0.3) is 0 Å². The first kappa shape index (κ1) is 12.4. The molecule has 2 amide bonds. The lowest BCUT2D eigenvalue weighted by molar-refractivity contribution is 0.252. The second-order valence-electron chi connectivity index (χ2n) is 3.72. The summed E-state index contributed by atoms with van der Waals surface area (Å²) in [6.45, 7) is 0.536. The van der Waals surface area contributed by atoms with Gasteiger partial charge in [-0.15, -0.1) is 0 Å². The van der Waals surface area contributed by atoms with E-state index in [1.807, 2.05) is 0 Å². The number of halogens is 1. The van der Waals surface area contributed by atoms with Gasteiger partial charge in [-0.2, -0.15) is 0 Å². The highest BCUT2D eigenvalue weighted by Gasteiger charge is 2.01. The Balaban J connectivity index is 1.75. The Bertz CT molecular complexity index is 513. The van der Waals surface area contributed by atoms with Gasteiger partial charge in [0, 0.05) is 35.6 Å². The van der Waals surface area contributed by atoms with Crippen LogP contribution >= 0.6 is 11.6 Å². The van der Waals surface area contributed by atoms with Gasteiger partial charge in [-0.05, 0) is 18.2 Å². The third-order valence-corrected chi connectivity index (χ3v) is 2.55. The van der Waals surface area contributed by atoms with Crippen molar-refractivity contribution >= 4 is 23.3 Å². The molecule has 6 heteroatoms. The molecule has 5 nitrogen and oxygen atoms in total. The van der Waals surface area contributed by atoms with Crippen LogP contribution in [0.4, 0.5) is 10.5 Å². The fourth-order valence-corrected chi connectivity index (χ4v) is 1.66. The molecular weight excluding hydrogens is 252 g/mol. The quantitative estimate of drug-likeness (QED) is 0.794. The maximum atomic E-state index is 11.6. The van der Waals surface area contributed by atoms with E-state index in [1.165, 1.54) is 0 Å². The molecule has 18 heavy (non-hydrogen) atoms. The van der Waals surface area contributed by atoms with E-state index >= 15 is 0 Å². The van der Waals surface area contributed by atoms with Crippen LogP contribution in [-0.2, 0) is 6.42 Å². The average Bonchev–Trinajstić information content (AvgIpc) is 2.82. The van der Waals surface area contributed by atoms with Crippen molar-refractivity contribution in [2.75, 3.05) is 11.9 Å². The van der Waals surface area contributed by atoms with Gasteiger partial charge in [0.1, 0.15) is 0 Å². The molecule has 0 bridgehead atoms. The van der Waals surface area contributed by atoms with Crippen LogP contribution in [0, 0.1) is 0 Å². The van der Waals surface area contributed by atoms with E-state index in [4.69, 9.17) is 11.6 Å². The van der Waals surface area contributed by atoms with Crippen molar-refractivity contribution in [3.05, 3.63) is 47.5 Å². The highest BCUT2D eigenvalue weighted by molar-refractivity contribution is 6.30. The first-order valence-corrected chi connectivity index (χ1v) is 5.89. The molecule has 2 rings (SSSR count). The fraction of sp³-hybridized carbons (Fsp3) is 0.167. The number of aromatic nitrogens is 2. The number of aromatic amines is 1. The zero-order valence-electron chi connectivity index (χ0n) is 9.61. The Labute approximate surface area is 110 Å². The van der Waals surface area contributed by atoms with Gasteiger partial charge in [0.2, 0.25) is 0 Å². The third-order valence-electron chi connectivity index (χ3n) is 2.32. The Morgan fingerprint density at radius 2 is 2.33 bits per heavy atom. The minimum atomic E-state index is -0.253. The lowest BCUT2D eigenvalue weighted by Crippen LogP contribution is -2.30. The van der Waals surface area contributed by atoms with Crippen molar-refractivity contribution in [2.45, 2.75) is 6.42 Å². The number of rotatable bonds is 4. The van der Waals surface area contributed by atoms with Gasteiger partial charge in [-0.1, -0.05) is 17.7 Å². The number of carbonyl (C=O) groups is 1. The molecule has 0 spiro atoms. The number of anilines is 1. The number of benzene rings is 1. The molecular formula is C12H13ClN4O. The Kier molecular flexibility index (Phi) is 4.20. The molecule has 1 heterocycles. The smallest absolute Gasteiger partial charge is 0.319 e. The fourth-order valence-electron chi connectivity index (χ4n) is 1.47. The highest BCUT2D eigenvalue weighted by Crippen LogP contribution is 2.14. The Morgan fingerprint density at radius 1 is 1.44 bits per heavy atom. The molecule has 0 saturated heterocycles. The van der Waals surface area contributed by atoms with Crippen molar-refractivity contribution in [1.29, 1.82) is 0 Å². The van der Waals surface area contributed by atoms with Crippen LogP contribution in [-0.4, -0.2) is 22.5 Å². The van der Waals surface area contributed by atoms with Crippen molar-refractivity contribution in [3.8, 4) is 0 Å². The monoisotopic (exact) mass is 264 g/mol. The predicted molar refractivity (Wildman–Crippen MR) is 70.8 cm³/mol. The summed E-state index contributed by atoms with van der Waals surface area (Å²) in [5.74, 6) is 0. The molecule has 0 unspecified atom stereocenters. The number of carbonyl (C=O) groups excluding carboxylic acids is 1. The summed E-state index contributed by atoms with van der Waals surface area (Å²) in [4.78, 5) is 18.4. The van der Waals surface area contributed by atoms with Crippen LogP contribution < -0.4 is 10.6 Å². The number of hydrogen-bond acceptors (Lipinski definition) is 2. The Morgan fingerprint density at radius 3 is 3.06 bits per heavy atom. The number of nitrogens with one attached hydrogen (secondary N) is 3. The van der Waals surface area contributed by atoms with E-state index in [-0.39, 0.29) is 6.03 Å². The van der Waals surface area contributed by atoms with Gasteiger partial charge in [0.15, 0.2) is 0 Å². The maximum Gasteiger partial charge on any atom is 0.319 e. The van der Waals surface area contributed by atoms with E-state index < -0.39 is 0 Å². The average molecular weight is 265 g/mol. The molecule has 0 aliphatic rings. The van der Waals surface area contributed by atoms with Crippen LogP contribution in [0.3, 0.4) is 0 Å². The third kappa shape index (κ3) is 3.78. The SMILES string of the molecule is O=C(NCCc1cnc[nH]1)Nc1cccc(Cl)c1. The van der Waals surface area contributed by atoms with Crippen LogP contribution in [0.1, 0.15) is 5.69 Å². The molecule has 0 fully saturated rings. The zero-order chi connectivity index (χ0) is 12.8. The first-order valence-electron chi connectivity index (χ1n) is 5.52. The van der Waals surface area contributed by atoms with Gasteiger partial charge in [-0.3, -0.25) is 0 Å². The summed E-state index contributed by atoms with van der Waals surface area (Å²) in [6.07, 6.45) is 4.06. The summed E-state index contributed by atoms with van der Waals surface area (Å²) in [5, 5.41) is 6.04. The van der Waals surface area contributed by atoms with Crippen molar-refractivity contribution < 1.29 is 4.79 Å². The summed E-state index contributed by atoms with van der Waals surface area (Å²) < 4.78 is 0. The van der Waals surface area contributed by atoms with E-state index in [2.05, 4.69) is 20.6 Å². The van der Waals surface area contributed by atoms with Crippen LogP contribution in [0.25, 0.3) is 0 Å². The predicted octanol–water partition coefficient (Wildman–Crippen LogP) is 2.43. The minimum Gasteiger partial charge on any atom is -0.348 e. The Hall–Kier alpha value is -2.01. The molecule has 0 radical (unpaired) electrons. The molecule has 2 aromatic rings.